The lowest BCUT2D eigenvalue weighted by molar-refractivity contribution is 0.660. The molecule has 0 unspecified atom stereocenters. The van der Waals surface area contributed by atoms with Gasteiger partial charge in [-0.15, -0.1) is 0 Å². The van der Waals surface area contributed by atoms with Crippen LogP contribution in [0.2, 0.25) is 0 Å². The van der Waals surface area contributed by atoms with Gasteiger partial charge in [0.15, 0.2) is 0 Å². The first-order valence-corrected chi connectivity index (χ1v) is 17.0. The van der Waals surface area contributed by atoms with Crippen molar-refractivity contribution in [2.75, 3.05) is 4.90 Å². The summed E-state index contributed by atoms with van der Waals surface area (Å²) in [5, 5.41) is 0. The standard InChI is InChI=1S/C47H39N/c1-47(2)45-32-35(19-18-34-20-23-37(24-21-34)39-27-25-38(26-28-39)36-12-6-3-7-13-36)22-30-43(45)44-31-29-42(33-46(44)47)48(40-14-8-4-9-15-40)41-16-10-5-11-17-41/h3-20,22-23,25-33H,21,24H2,1-2H3/b19-18+. The van der Waals surface area contributed by atoms with Gasteiger partial charge in [-0.3, -0.25) is 0 Å². The minimum atomic E-state index is -0.110. The molecule has 6 aromatic carbocycles. The van der Waals surface area contributed by atoms with Crippen LogP contribution >= 0.6 is 0 Å². The van der Waals surface area contributed by atoms with E-state index < -0.39 is 0 Å². The van der Waals surface area contributed by atoms with Gasteiger partial charge in [-0.1, -0.05) is 153 Å². The summed E-state index contributed by atoms with van der Waals surface area (Å²) in [7, 11) is 0. The molecule has 0 aliphatic heterocycles. The first-order chi connectivity index (χ1) is 23.5. The van der Waals surface area contributed by atoms with E-state index in [1.165, 1.54) is 61.3 Å². The number of hydrogen-bond acceptors (Lipinski definition) is 1. The lowest BCUT2D eigenvalue weighted by Crippen LogP contribution is -2.16. The molecule has 48 heavy (non-hydrogen) atoms. The Morgan fingerprint density at radius 1 is 0.479 bits per heavy atom. The van der Waals surface area contributed by atoms with Gasteiger partial charge >= 0.3 is 0 Å². The molecule has 0 radical (unpaired) electrons. The maximum Gasteiger partial charge on any atom is 0.0465 e. The Hall–Kier alpha value is -5.66. The van der Waals surface area contributed by atoms with Crippen LogP contribution in [0, 0.1) is 0 Å². The summed E-state index contributed by atoms with van der Waals surface area (Å²) >= 11 is 0. The summed E-state index contributed by atoms with van der Waals surface area (Å²) in [6, 6.07) is 54.9. The number of benzene rings is 6. The minimum absolute atomic E-state index is 0.110. The first kappa shape index (κ1) is 29.7. The highest BCUT2D eigenvalue weighted by Gasteiger charge is 2.36. The Labute approximate surface area is 284 Å². The zero-order chi connectivity index (χ0) is 32.5. The maximum absolute atomic E-state index is 2.40. The van der Waals surface area contributed by atoms with Crippen LogP contribution in [-0.2, 0) is 5.41 Å². The van der Waals surface area contributed by atoms with Crippen LogP contribution in [0.3, 0.4) is 0 Å². The van der Waals surface area contributed by atoms with Crippen molar-refractivity contribution in [1.82, 2.24) is 0 Å². The molecule has 232 valence electrons. The van der Waals surface area contributed by atoms with E-state index in [1.54, 1.807) is 0 Å². The second-order valence-electron chi connectivity index (χ2n) is 13.4. The molecule has 8 rings (SSSR count). The van der Waals surface area contributed by atoms with Gasteiger partial charge in [-0.05, 0) is 105 Å². The maximum atomic E-state index is 2.40. The van der Waals surface area contributed by atoms with E-state index in [0.717, 1.165) is 24.2 Å². The molecule has 0 spiro atoms. The molecule has 0 fully saturated rings. The van der Waals surface area contributed by atoms with Crippen molar-refractivity contribution in [2.24, 2.45) is 0 Å². The minimum Gasteiger partial charge on any atom is -0.310 e. The monoisotopic (exact) mass is 617 g/mol. The SMILES string of the molecule is CC1(C)c2cc(/C=C/C3=CC=C(c4ccc(-c5ccccc5)cc4)CC3)ccc2-c2ccc(N(c3ccccc3)c3ccccc3)cc21. The molecule has 0 aromatic heterocycles. The zero-order valence-corrected chi connectivity index (χ0v) is 27.6. The number of rotatable bonds is 7. The molecular weight excluding hydrogens is 579 g/mol. The molecule has 0 heterocycles. The van der Waals surface area contributed by atoms with Crippen LogP contribution in [0.5, 0.6) is 0 Å². The van der Waals surface area contributed by atoms with Crippen molar-refractivity contribution in [1.29, 1.82) is 0 Å². The summed E-state index contributed by atoms with van der Waals surface area (Å²) in [5.74, 6) is 0. The van der Waals surface area contributed by atoms with Gasteiger partial charge < -0.3 is 4.90 Å². The molecule has 0 bridgehead atoms. The highest BCUT2D eigenvalue weighted by Crippen LogP contribution is 2.51. The van der Waals surface area contributed by atoms with Crippen molar-refractivity contribution >= 4 is 28.7 Å². The molecule has 2 aliphatic carbocycles. The zero-order valence-electron chi connectivity index (χ0n) is 27.6. The number of fused-ring (bicyclic) bond motifs is 3. The smallest absolute Gasteiger partial charge is 0.0465 e. The molecule has 2 aliphatic rings. The van der Waals surface area contributed by atoms with Gasteiger partial charge in [0.05, 0.1) is 0 Å². The Morgan fingerprint density at radius 2 is 1.04 bits per heavy atom. The van der Waals surface area contributed by atoms with Gasteiger partial charge in [0.1, 0.15) is 0 Å². The second-order valence-corrected chi connectivity index (χ2v) is 13.4. The van der Waals surface area contributed by atoms with Gasteiger partial charge in [-0.2, -0.15) is 0 Å². The van der Waals surface area contributed by atoms with Gasteiger partial charge in [-0.25, -0.2) is 0 Å². The lowest BCUT2D eigenvalue weighted by atomic mass is 9.81. The third-order valence-electron chi connectivity index (χ3n) is 10.0. The average molecular weight is 618 g/mol. The van der Waals surface area contributed by atoms with Gasteiger partial charge in [0.2, 0.25) is 0 Å². The van der Waals surface area contributed by atoms with Crippen LogP contribution in [0.1, 0.15) is 48.9 Å². The molecule has 0 N–H and O–H groups in total. The molecule has 6 aromatic rings. The van der Waals surface area contributed by atoms with Crippen molar-refractivity contribution < 1.29 is 0 Å². The van der Waals surface area contributed by atoms with E-state index >= 15 is 0 Å². The van der Waals surface area contributed by atoms with Gasteiger partial charge in [0.25, 0.3) is 0 Å². The third kappa shape index (κ3) is 5.63. The second kappa shape index (κ2) is 12.5. The molecule has 0 atom stereocenters. The fraction of sp³-hybridized carbons (Fsp3) is 0.106. The summed E-state index contributed by atoms with van der Waals surface area (Å²) in [6.45, 7) is 4.74. The highest BCUT2D eigenvalue weighted by molar-refractivity contribution is 5.86. The largest absolute Gasteiger partial charge is 0.310 e. The van der Waals surface area contributed by atoms with E-state index in [4.69, 9.17) is 0 Å². The normalized spacial score (nSPS) is 14.6. The molecule has 0 saturated heterocycles. The van der Waals surface area contributed by atoms with Crippen molar-refractivity contribution in [3.8, 4) is 22.3 Å². The van der Waals surface area contributed by atoms with Gasteiger partial charge in [0, 0.05) is 22.5 Å². The summed E-state index contributed by atoms with van der Waals surface area (Å²) in [4.78, 5) is 2.35. The summed E-state index contributed by atoms with van der Waals surface area (Å²) < 4.78 is 0. The average Bonchev–Trinajstić information content (AvgIpc) is 3.37. The van der Waals surface area contributed by atoms with Crippen LogP contribution in [-0.4, -0.2) is 0 Å². The molecule has 0 saturated carbocycles. The Kier molecular flexibility index (Phi) is 7.74. The molecular formula is C47H39N. The third-order valence-corrected chi connectivity index (χ3v) is 10.0. The molecule has 1 heteroatoms. The van der Waals surface area contributed by atoms with Crippen molar-refractivity contribution in [3.05, 3.63) is 198 Å². The summed E-state index contributed by atoms with van der Waals surface area (Å²) in [6.07, 6.45) is 11.3. The van der Waals surface area contributed by atoms with E-state index in [2.05, 4.69) is 195 Å². The Balaban J connectivity index is 1.03. The van der Waals surface area contributed by atoms with Crippen LogP contribution in [0.25, 0.3) is 33.9 Å². The van der Waals surface area contributed by atoms with Crippen LogP contribution in [0.15, 0.2) is 175 Å². The summed E-state index contributed by atoms with van der Waals surface area (Å²) in [5.41, 5.74) is 16.7. The fourth-order valence-electron chi connectivity index (χ4n) is 7.33. The quantitative estimate of drug-likeness (QED) is 0.172. The van der Waals surface area contributed by atoms with E-state index in [0.29, 0.717) is 0 Å². The topological polar surface area (TPSA) is 3.24 Å². The van der Waals surface area contributed by atoms with E-state index in [9.17, 15) is 0 Å². The lowest BCUT2D eigenvalue weighted by Gasteiger charge is -2.28. The molecule has 1 nitrogen and oxygen atoms in total. The Bertz CT molecular complexity index is 2130. The number of nitrogens with zero attached hydrogens (tertiary/aromatic N) is 1. The number of hydrogen-bond donors (Lipinski definition) is 0. The Morgan fingerprint density at radius 3 is 1.67 bits per heavy atom. The number of anilines is 3. The first-order valence-electron chi connectivity index (χ1n) is 17.0. The van der Waals surface area contributed by atoms with Crippen LogP contribution < -0.4 is 4.90 Å². The predicted octanol–water partition coefficient (Wildman–Crippen LogP) is 12.9. The predicted molar refractivity (Wildman–Crippen MR) is 205 cm³/mol. The molecule has 0 amide bonds. The van der Waals surface area contributed by atoms with Crippen LogP contribution in [0.4, 0.5) is 17.1 Å². The number of para-hydroxylation sites is 2. The van der Waals surface area contributed by atoms with E-state index in [-0.39, 0.29) is 5.41 Å². The van der Waals surface area contributed by atoms with Crippen molar-refractivity contribution in [3.63, 3.8) is 0 Å². The highest BCUT2D eigenvalue weighted by atomic mass is 15.1. The van der Waals surface area contributed by atoms with E-state index in [1.807, 2.05) is 0 Å². The number of allylic oxidation sites excluding steroid dienone is 5. The van der Waals surface area contributed by atoms with Crippen molar-refractivity contribution in [2.45, 2.75) is 32.1 Å². The fourth-order valence-corrected chi connectivity index (χ4v) is 7.33.